The second-order valence-corrected chi connectivity index (χ2v) is 5.90. The summed E-state index contributed by atoms with van der Waals surface area (Å²) in [6, 6.07) is 3.70. The van der Waals surface area contributed by atoms with Crippen LogP contribution in [0, 0.1) is 6.92 Å². The van der Waals surface area contributed by atoms with Gasteiger partial charge in [0.05, 0.1) is 0 Å². The van der Waals surface area contributed by atoms with Gasteiger partial charge in [0.15, 0.2) is 0 Å². The van der Waals surface area contributed by atoms with Crippen LogP contribution in [0.1, 0.15) is 30.2 Å². The van der Waals surface area contributed by atoms with E-state index in [0.29, 0.717) is 6.04 Å². The Morgan fingerprint density at radius 1 is 1.56 bits per heavy atom. The van der Waals surface area contributed by atoms with Crippen LogP contribution in [-0.2, 0) is 6.54 Å². The molecule has 0 spiro atoms. The van der Waals surface area contributed by atoms with Crippen molar-refractivity contribution in [1.82, 2.24) is 10.2 Å². The fraction of sp³-hybridized carbons (Fsp3) is 0.692. The second kappa shape index (κ2) is 5.30. The van der Waals surface area contributed by atoms with Gasteiger partial charge < -0.3 is 5.32 Å². The van der Waals surface area contributed by atoms with E-state index < -0.39 is 0 Å². The lowest BCUT2D eigenvalue weighted by Crippen LogP contribution is -2.38. The largest absolute Gasteiger partial charge is 0.310 e. The molecule has 2 rings (SSSR count). The zero-order valence-electron chi connectivity index (χ0n) is 10.5. The number of aryl methyl sites for hydroxylation is 1. The van der Waals surface area contributed by atoms with Crippen molar-refractivity contribution in [2.45, 2.75) is 45.3 Å². The van der Waals surface area contributed by atoms with Gasteiger partial charge in [0.1, 0.15) is 0 Å². The minimum Gasteiger partial charge on any atom is -0.310 e. The molecule has 0 amide bonds. The van der Waals surface area contributed by atoms with Crippen LogP contribution in [0.15, 0.2) is 11.4 Å². The zero-order valence-corrected chi connectivity index (χ0v) is 11.3. The molecule has 3 heteroatoms. The Bertz CT molecular complexity index is 330. The van der Waals surface area contributed by atoms with Crippen LogP contribution in [0.3, 0.4) is 0 Å². The lowest BCUT2D eigenvalue weighted by molar-refractivity contribution is 0.241. The van der Waals surface area contributed by atoms with E-state index in [2.05, 4.69) is 42.6 Å². The van der Waals surface area contributed by atoms with E-state index >= 15 is 0 Å². The van der Waals surface area contributed by atoms with E-state index in [9.17, 15) is 0 Å². The molecule has 0 aliphatic heterocycles. The molecule has 16 heavy (non-hydrogen) atoms. The van der Waals surface area contributed by atoms with Crippen molar-refractivity contribution in [2.75, 3.05) is 13.6 Å². The highest BCUT2D eigenvalue weighted by molar-refractivity contribution is 7.10. The lowest BCUT2D eigenvalue weighted by Gasteiger charge is -2.24. The number of rotatable bonds is 6. The molecule has 0 radical (unpaired) electrons. The van der Waals surface area contributed by atoms with Crippen molar-refractivity contribution in [1.29, 1.82) is 0 Å². The third kappa shape index (κ3) is 3.06. The Morgan fingerprint density at radius 2 is 2.31 bits per heavy atom. The first-order chi connectivity index (χ1) is 7.68. The highest BCUT2D eigenvalue weighted by atomic mass is 32.1. The second-order valence-electron chi connectivity index (χ2n) is 4.90. The van der Waals surface area contributed by atoms with Gasteiger partial charge in [-0.1, -0.05) is 0 Å². The summed E-state index contributed by atoms with van der Waals surface area (Å²) < 4.78 is 0. The van der Waals surface area contributed by atoms with E-state index in [1.165, 1.54) is 23.3 Å². The quantitative estimate of drug-likeness (QED) is 0.819. The predicted octanol–water partition coefficient (Wildman–Crippen LogP) is 2.63. The standard InChI is InChI=1S/C13H22N2S/c1-10-6-7-16-13(10)9-14-8-11(2)15(3)12-4-5-12/h6-7,11-12,14H,4-5,8-9H2,1-3H3. The van der Waals surface area contributed by atoms with Crippen molar-refractivity contribution in [3.05, 3.63) is 21.9 Å². The molecule has 90 valence electrons. The van der Waals surface area contributed by atoms with Gasteiger partial charge in [-0.2, -0.15) is 0 Å². The number of nitrogens with zero attached hydrogens (tertiary/aromatic N) is 1. The maximum absolute atomic E-state index is 3.56. The van der Waals surface area contributed by atoms with Crippen LogP contribution in [0.4, 0.5) is 0 Å². The Labute approximate surface area is 103 Å². The molecule has 1 aliphatic rings. The smallest absolute Gasteiger partial charge is 0.0303 e. The van der Waals surface area contributed by atoms with Crippen LogP contribution in [0.25, 0.3) is 0 Å². The molecule has 1 aliphatic carbocycles. The van der Waals surface area contributed by atoms with E-state index in [0.717, 1.165) is 19.1 Å². The Kier molecular flexibility index (Phi) is 4.00. The van der Waals surface area contributed by atoms with Crippen molar-refractivity contribution in [3.8, 4) is 0 Å². The highest BCUT2D eigenvalue weighted by Gasteiger charge is 2.28. The van der Waals surface area contributed by atoms with Crippen LogP contribution in [0.2, 0.25) is 0 Å². The molecule has 0 aromatic carbocycles. The maximum Gasteiger partial charge on any atom is 0.0303 e. The first-order valence-electron chi connectivity index (χ1n) is 6.14. The zero-order chi connectivity index (χ0) is 11.5. The van der Waals surface area contributed by atoms with Crippen molar-refractivity contribution in [2.24, 2.45) is 0 Å². The minimum atomic E-state index is 0.646. The normalized spacial score (nSPS) is 18.0. The molecule has 1 atom stereocenters. The first kappa shape index (κ1) is 12.1. The van der Waals surface area contributed by atoms with Crippen LogP contribution in [-0.4, -0.2) is 30.6 Å². The topological polar surface area (TPSA) is 15.3 Å². The molecule has 1 heterocycles. The van der Waals surface area contributed by atoms with E-state index in [1.807, 2.05) is 11.3 Å². The SMILES string of the molecule is Cc1ccsc1CNCC(C)N(C)C1CC1. The fourth-order valence-corrected chi connectivity index (χ4v) is 2.84. The Hall–Kier alpha value is -0.380. The first-order valence-corrected chi connectivity index (χ1v) is 7.02. The molecule has 1 aromatic rings. The molecule has 1 unspecified atom stereocenters. The minimum absolute atomic E-state index is 0.646. The number of hydrogen-bond donors (Lipinski definition) is 1. The predicted molar refractivity (Wildman–Crippen MR) is 71.0 cm³/mol. The van der Waals surface area contributed by atoms with Gasteiger partial charge in [-0.05, 0) is 50.7 Å². The van der Waals surface area contributed by atoms with Crippen LogP contribution >= 0.6 is 11.3 Å². The van der Waals surface area contributed by atoms with Crippen LogP contribution < -0.4 is 5.32 Å². The van der Waals surface area contributed by atoms with Gasteiger partial charge in [0, 0.05) is 30.1 Å². The Morgan fingerprint density at radius 3 is 2.88 bits per heavy atom. The molecular formula is C13H22N2S. The van der Waals surface area contributed by atoms with Crippen molar-refractivity contribution >= 4 is 11.3 Å². The number of hydrogen-bond acceptors (Lipinski definition) is 3. The summed E-state index contributed by atoms with van der Waals surface area (Å²) in [7, 11) is 2.25. The third-order valence-electron chi connectivity index (χ3n) is 3.51. The average molecular weight is 238 g/mol. The maximum atomic E-state index is 3.56. The van der Waals surface area contributed by atoms with Crippen molar-refractivity contribution in [3.63, 3.8) is 0 Å². The number of nitrogens with one attached hydrogen (secondary N) is 1. The molecule has 2 nitrogen and oxygen atoms in total. The third-order valence-corrected chi connectivity index (χ3v) is 4.53. The number of thiophene rings is 1. The van der Waals surface area contributed by atoms with E-state index in [1.54, 1.807) is 0 Å². The van der Waals surface area contributed by atoms with Crippen LogP contribution in [0.5, 0.6) is 0 Å². The van der Waals surface area contributed by atoms with E-state index in [-0.39, 0.29) is 0 Å². The fourth-order valence-electron chi connectivity index (χ4n) is 1.97. The van der Waals surface area contributed by atoms with Gasteiger partial charge >= 0.3 is 0 Å². The van der Waals surface area contributed by atoms with E-state index in [4.69, 9.17) is 0 Å². The highest BCUT2D eigenvalue weighted by Crippen LogP contribution is 2.26. The molecule has 1 aromatic heterocycles. The molecule has 1 fully saturated rings. The van der Waals surface area contributed by atoms with Gasteiger partial charge in [-0.15, -0.1) is 11.3 Å². The van der Waals surface area contributed by atoms with Gasteiger partial charge in [-0.3, -0.25) is 4.90 Å². The summed E-state index contributed by atoms with van der Waals surface area (Å²) in [5, 5.41) is 5.73. The summed E-state index contributed by atoms with van der Waals surface area (Å²) in [6.45, 7) is 6.61. The molecule has 0 saturated heterocycles. The summed E-state index contributed by atoms with van der Waals surface area (Å²) in [4.78, 5) is 3.98. The summed E-state index contributed by atoms with van der Waals surface area (Å²) >= 11 is 1.85. The molecule has 1 saturated carbocycles. The van der Waals surface area contributed by atoms with Gasteiger partial charge in [0.2, 0.25) is 0 Å². The summed E-state index contributed by atoms with van der Waals surface area (Å²) in [5.74, 6) is 0. The summed E-state index contributed by atoms with van der Waals surface area (Å²) in [5.41, 5.74) is 1.42. The molecule has 0 bridgehead atoms. The Balaban J connectivity index is 1.69. The van der Waals surface area contributed by atoms with Gasteiger partial charge in [-0.25, -0.2) is 0 Å². The molecular weight excluding hydrogens is 216 g/mol. The monoisotopic (exact) mass is 238 g/mol. The summed E-state index contributed by atoms with van der Waals surface area (Å²) in [6.07, 6.45) is 2.79. The number of likely N-dealkylation sites (N-methyl/N-ethyl adjacent to an activating group) is 1. The van der Waals surface area contributed by atoms with Crippen molar-refractivity contribution < 1.29 is 0 Å². The molecule has 1 N–H and O–H groups in total. The average Bonchev–Trinajstić information content (AvgIpc) is 3.03. The lowest BCUT2D eigenvalue weighted by atomic mass is 10.2. The van der Waals surface area contributed by atoms with Gasteiger partial charge in [0.25, 0.3) is 0 Å².